The molecule has 164 valence electrons. The zero-order valence-corrected chi connectivity index (χ0v) is 18.6. The summed E-state index contributed by atoms with van der Waals surface area (Å²) in [5, 5.41) is 11.9. The number of carbonyl (C=O) groups is 1. The summed E-state index contributed by atoms with van der Waals surface area (Å²) in [6.07, 6.45) is 0. The van der Waals surface area contributed by atoms with Crippen LogP contribution in [0.15, 0.2) is 41.6 Å². The molecule has 0 aliphatic rings. The third kappa shape index (κ3) is 5.80. The van der Waals surface area contributed by atoms with Gasteiger partial charge in [-0.2, -0.15) is 0 Å². The van der Waals surface area contributed by atoms with Crippen molar-refractivity contribution in [1.82, 2.24) is 14.8 Å². The molecule has 31 heavy (non-hydrogen) atoms. The Balaban J connectivity index is 1.58. The van der Waals surface area contributed by atoms with E-state index in [9.17, 15) is 9.18 Å². The van der Waals surface area contributed by atoms with Crippen molar-refractivity contribution in [3.63, 3.8) is 0 Å². The van der Waals surface area contributed by atoms with E-state index in [4.69, 9.17) is 25.8 Å². The molecule has 1 aromatic heterocycles. The number of carbonyl (C=O) groups excluding carboxylic acids is 1. The first-order chi connectivity index (χ1) is 14.9. The maximum atomic E-state index is 13.0. The number of rotatable bonds is 9. The lowest BCUT2D eigenvalue weighted by molar-refractivity contribution is -0.113. The summed E-state index contributed by atoms with van der Waals surface area (Å²) in [6, 6.07) is 8.86. The number of nitrogens with one attached hydrogen (secondary N) is 1. The Morgan fingerprint density at radius 3 is 2.55 bits per heavy atom. The second kappa shape index (κ2) is 10.4. The molecule has 0 fully saturated rings. The first-order valence-electron chi connectivity index (χ1n) is 9.02. The van der Waals surface area contributed by atoms with E-state index in [-0.39, 0.29) is 24.1 Å². The van der Waals surface area contributed by atoms with E-state index in [0.717, 1.165) is 0 Å². The standard InChI is InChI=1S/C20H20ClFN4O4S/c1-26-18(10-30-13-6-4-12(22)5-7-13)24-25-20(26)31-11-19(27)23-15-9-16(28-2)14(21)8-17(15)29-3/h4-9H,10-11H2,1-3H3,(H,23,27). The number of ether oxygens (including phenoxy) is 3. The first kappa shape index (κ1) is 22.7. The molecule has 11 heteroatoms. The molecule has 2 aromatic carbocycles. The summed E-state index contributed by atoms with van der Waals surface area (Å²) in [5.74, 6) is 1.42. The first-order valence-corrected chi connectivity index (χ1v) is 10.4. The minimum atomic E-state index is -0.336. The summed E-state index contributed by atoms with van der Waals surface area (Å²) in [6.45, 7) is 0.156. The van der Waals surface area contributed by atoms with Gasteiger partial charge in [0.2, 0.25) is 5.91 Å². The van der Waals surface area contributed by atoms with Gasteiger partial charge in [-0.15, -0.1) is 10.2 Å². The van der Waals surface area contributed by atoms with Crippen molar-refractivity contribution in [3.05, 3.63) is 53.1 Å². The van der Waals surface area contributed by atoms with Crippen LogP contribution in [0, 0.1) is 5.82 Å². The average Bonchev–Trinajstić information content (AvgIpc) is 3.12. The van der Waals surface area contributed by atoms with Crippen LogP contribution in [-0.2, 0) is 18.4 Å². The van der Waals surface area contributed by atoms with Gasteiger partial charge in [0.25, 0.3) is 0 Å². The fraction of sp³-hybridized carbons (Fsp3) is 0.250. The van der Waals surface area contributed by atoms with E-state index in [1.165, 1.54) is 50.2 Å². The van der Waals surface area contributed by atoms with Crippen molar-refractivity contribution in [3.8, 4) is 17.2 Å². The molecule has 3 aromatic rings. The molecule has 0 aliphatic carbocycles. The predicted octanol–water partition coefficient (Wildman–Crippen LogP) is 3.93. The number of aromatic nitrogens is 3. The SMILES string of the molecule is COc1cc(NC(=O)CSc2nnc(COc3ccc(F)cc3)n2C)c(OC)cc1Cl. The van der Waals surface area contributed by atoms with Crippen LogP contribution in [-0.4, -0.2) is 40.6 Å². The van der Waals surface area contributed by atoms with Gasteiger partial charge in [0.05, 0.1) is 30.7 Å². The van der Waals surface area contributed by atoms with Crippen LogP contribution in [0.3, 0.4) is 0 Å². The summed E-state index contributed by atoms with van der Waals surface area (Å²) >= 11 is 7.30. The van der Waals surface area contributed by atoms with Crippen LogP contribution in [0.4, 0.5) is 10.1 Å². The lowest BCUT2D eigenvalue weighted by Crippen LogP contribution is -2.15. The summed E-state index contributed by atoms with van der Waals surface area (Å²) in [5.41, 5.74) is 0.445. The predicted molar refractivity (Wildman–Crippen MR) is 116 cm³/mol. The van der Waals surface area contributed by atoms with Gasteiger partial charge >= 0.3 is 0 Å². The monoisotopic (exact) mass is 466 g/mol. The number of nitrogens with zero attached hydrogens (tertiary/aromatic N) is 3. The molecule has 0 saturated carbocycles. The van der Waals surface area contributed by atoms with Crippen molar-refractivity contribution in [2.45, 2.75) is 11.8 Å². The van der Waals surface area contributed by atoms with Crippen molar-refractivity contribution in [1.29, 1.82) is 0 Å². The zero-order valence-electron chi connectivity index (χ0n) is 17.0. The van der Waals surface area contributed by atoms with Crippen molar-refractivity contribution in [2.75, 3.05) is 25.3 Å². The number of amides is 1. The maximum Gasteiger partial charge on any atom is 0.234 e. The normalized spacial score (nSPS) is 10.6. The zero-order chi connectivity index (χ0) is 22.4. The molecule has 1 N–H and O–H groups in total. The van der Waals surface area contributed by atoms with Gasteiger partial charge < -0.3 is 24.1 Å². The molecular formula is C20H20ClFN4O4S. The lowest BCUT2D eigenvalue weighted by atomic mass is 10.2. The topological polar surface area (TPSA) is 87.5 Å². The molecule has 1 heterocycles. The summed E-state index contributed by atoms with van der Waals surface area (Å²) < 4.78 is 30.7. The third-order valence-corrected chi connectivity index (χ3v) is 5.50. The number of benzene rings is 2. The Morgan fingerprint density at radius 1 is 1.16 bits per heavy atom. The molecule has 0 radical (unpaired) electrons. The average molecular weight is 467 g/mol. The number of hydrogen-bond donors (Lipinski definition) is 1. The second-order valence-electron chi connectivity index (χ2n) is 6.22. The highest BCUT2D eigenvalue weighted by atomic mass is 35.5. The van der Waals surface area contributed by atoms with Crippen LogP contribution in [0.5, 0.6) is 17.2 Å². The van der Waals surface area contributed by atoms with Crippen molar-refractivity contribution < 1.29 is 23.4 Å². The van der Waals surface area contributed by atoms with Crippen LogP contribution in [0.1, 0.15) is 5.82 Å². The van der Waals surface area contributed by atoms with Crippen molar-refractivity contribution in [2.24, 2.45) is 7.05 Å². The van der Waals surface area contributed by atoms with Crippen LogP contribution < -0.4 is 19.5 Å². The molecule has 3 rings (SSSR count). The largest absolute Gasteiger partial charge is 0.495 e. The van der Waals surface area contributed by atoms with Crippen molar-refractivity contribution >= 4 is 35.0 Å². The molecular weight excluding hydrogens is 447 g/mol. The van der Waals surface area contributed by atoms with Gasteiger partial charge in [-0.1, -0.05) is 23.4 Å². The van der Waals surface area contributed by atoms with Crippen LogP contribution in [0.2, 0.25) is 5.02 Å². The minimum absolute atomic E-state index is 0.0961. The Morgan fingerprint density at radius 2 is 1.87 bits per heavy atom. The summed E-state index contributed by atoms with van der Waals surface area (Å²) in [4.78, 5) is 12.4. The van der Waals surface area contributed by atoms with Gasteiger partial charge in [-0.25, -0.2) is 4.39 Å². The Labute approximate surface area is 187 Å². The molecule has 0 saturated heterocycles. The van der Waals surface area contributed by atoms with E-state index in [1.807, 2.05) is 0 Å². The van der Waals surface area contributed by atoms with Gasteiger partial charge in [-0.3, -0.25) is 4.79 Å². The maximum absolute atomic E-state index is 13.0. The lowest BCUT2D eigenvalue weighted by Gasteiger charge is -2.13. The molecule has 0 spiro atoms. The van der Waals surface area contributed by atoms with Gasteiger partial charge in [0.15, 0.2) is 11.0 Å². The fourth-order valence-corrected chi connectivity index (χ4v) is 3.51. The van der Waals surface area contributed by atoms with Gasteiger partial charge in [-0.05, 0) is 24.3 Å². The molecule has 0 aliphatic heterocycles. The Bertz CT molecular complexity index is 1060. The van der Waals surface area contributed by atoms with E-state index in [1.54, 1.807) is 23.7 Å². The molecule has 1 amide bonds. The van der Waals surface area contributed by atoms with E-state index in [0.29, 0.717) is 38.9 Å². The van der Waals surface area contributed by atoms with Crippen LogP contribution in [0.25, 0.3) is 0 Å². The number of hydrogen-bond acceptors (Lipinski definition) is 7. The highest BCUT2D eigenvalue weighted by Gasteiger charge is 2.15. The van der Waals surface area contributed by atoms with Crippen LogP contribution >= 0.6 is 23.4 Å². The quantitative estimate of drug-likeness (QED) is 0.478. The molecule has 0 bridgehead atoms. The number of methoxy groups -OCH3 is 2. The number of thioether (sulfide) groups is 1. The highest BCUT2D eigenvalue weighted by molar-refractivity contribution is 7.99. The third-order valence-electron chi connectivity index (χ3n) is 4.19. The second-order valence-corrected chi connectivity index (χ2v) is 7.57. The molecule has 0 unspecified atom stereocenters. The Hall–Kier alpha value is -2.98. The number of halogens is 2. The smallest absolute Gasteiger partial charge is 0.234 e. The van der Waals surface area contributed by atoms with Gasteiger partial charge in [0, 0.05) is 19.2 Å². The summed E-state index contributed by atoms with van der Waals surface area (Å²) in [7, 11) is 4.74. The van der Waals surface area contributed by atoms with E-state index in [2.05, 4.69) is 15.5 Å². The van der Waals surface area contributed by atoms with E-state index >= 15 is 0 Å². The fourth-order valence-electron chi connectivity index (χ4n) is 2.55. The molecule has 0 atom stereocenters. The highest BCUT2D eigenvalue weighted by Crippen LogP contribution is 2.36. The Kier molecular flexibility index (Phi) is 7.59. The van der Waals surface area contributed by atoms with E-state index < -0.39 is 0 Å². The molecule has 8 nitrogen and oxygen atoms in total. The minimum Gasteiger partial charge on any atom is -0.495 e. The van der Waals surface area contributed by atoms with Gasteiger partial charge in [0.1, 0.15) is 29.7 Å². The number of anilines is 1.